The summed E-state index contributed by atoms with van der Waals surface area (Å²) >= 11 is 1.52. The van der Waals surface area contributed by atoms with Crippen LogP contribution in [0.4, 0.5) is 4.39 Å². The van der Waals surface area contributed by atoms with E-state index in [1.165, 1.54) is 34.8 Å². The predicted octanol–water partition coefficient (Wildman–Crippen LogP) is 3.02. The van der Waals surface area contributed by atoms with Gasteiger partial charge < -0.3 is 0 Å². The van der Waals surface area contributed by atoms with E-state index in [-0.39, 0.29) is 4.90 Å². The maximum atomic E-state index is 13.0. The van der Waals surface area contributed by atoms with Gasteiger partial charge in [0.1, 0.15) is 5.82 Å². The lowest BCUT2D eigenvalue weighted by Gasteiger charge is -2.18. The highest BCUT2D eigenvalue weighted by Crippen LogP contribution is 2.21. The third kappa shape index (κ3) is 3.02. The molecular formula is C13H14FNO2S2. The zero-order chi connectivity index (χ0) is 14.0. The quantitative estimate of drug-likeness (QED) is 0.870. The van der Waals surface area contributed by atoms with Crippen LogP contribution in [0.2, 0.25) is 0 Å². The Hall–Kier alpha value is -1.24. The van der Waals surface area contributed by atoms with Crippen molar-refractivity contribution in [3.05, 3.63) is 52.0 Å². The molecule has 0 bridgehead atoms. The number of nitrogens with zero attached hydrogens (tertiary/aromatic N) is 1. The first kappa shape index (κ1) is 14.2. The fraction of sp³-hybridized carbons (Fsp3) is 0.231. The van der Waals surface area contributed by atoms with Crippen LogP contribution in [0.3, 0.4) is 0 Å². The van der Waals surface area contributed by atoms with E-state index >= 15 is 0 Å². The molecule has 0 fully saturated rings. The molecule has 0 spiro atoms. The summed E-state index contributed by atoms with van der Waals surface area (Å²) in [5, 5.41) is 3.81. The fourth-order valence-corrected chi connectivity index (χ4v) is 3.82. The zero-order valence-electron chi connectivity index (χ0n) is 10.6. The van der Waals surface area contributed by atoms with Crippen molar-refractivity contribution in [2.24, 2.45) is 0 Å². The summed E-state index contributed by atoms with van der Waals surface area (Å²) in [5.41, 5.74) is 1.35. The van der Waals surface area contributed by atoms with E-state index in [0.29, 0.717) is 12.1 Å². The minimum Gasteiger partial charge on any atom is -0.207 e. The molecule has 0 atom stereocenters. The van der Waals surface area contributed by atoms with Gasteiger partial charge in [-0.1, -0.05) is 0 Å². The highest BCUT2D eigenvalue weighted by molar-refractivity contribution is 7.89. The Morgan fingerprint density at radius 1 is 1.32 bits per heavy atom. The van der Waals surface area contributed by atoms with Crippen LogP contribution in [0.5, 0.6) is 0 Å². The predicted molar refractivity (Wildman–Crippen MR) is 74.1 cm³/mol. The summed E-state index contributed by atoms with van der Waals surface area (Å²) in [6.07, 6.45) is 0. The summed E-state index contributed by atoms with van der Waals surface area (Å²) in [5.74, 6) is -0.433. The summed E-state index contributed by atoms with van der Waals surface area (Å²) in [7, 11) is -2.07. The third-order valence-corrected chi connectivity index (χ3v) is 5.51. The molecule has 0 amide bonds. The minimum absolute atomic E-state index is 0.145. The highest BCUT2D eigenvalue weighted by Gasteiger charge is 2.23. The minimum atomic E-state index is -3.59. The van der Waals surface area contributed by atoms with Crippen LogP contribution in [0.15, 0.2) is 39.9 Å². The van der Waals surface area contributed by atoms with Crippen molar-refractivity contribution in [2.75, 3.05) is 7.05 Å². The van der Waals surface area contributed by atoms with Gasteiger partial charge in [-0.05, 0) is 53.1 Å². The van der Waals surface area contributed by atoms with Crippen LogP contribution in [-0.4, -0.2) is 19.8 Å². The van der Waals surface area contributed by atoms with Gasteiger partial charge in [0.05, 0.1) is 4.90 Å². The van der Waals surface area contributed by atoms with Crippen LogP contribution in [0.25, 0.3) is 0 Å². The molecular weight excluding hydrogens is 285 g/mol. The van der Waals surface area contributed by atoms with Gasteiger partial charge in [0.25, 0.3) is 0 Å². The zero-order valence-corrected chi connectivity index (χ0v) is 12.3. The molecule has 2 aromatic rings. The molecule has 102 valence electrons. The second-order valence-corrected chi connectivity index (χ2v) is 7.10. The van der Waals surface area contributed by atoms with E-state index in [4.69, 9.17) is 0 Å². The molecule has 0 saturated heterocycles. The Morgan fingerprint density at radius 2 is 2.05 bits per heavy atom. The first-order valence-electron chi connectivity index (χ1n) is 5.65. The van der Waals surface area contributed by atoms with Crippen molar-refractivity contribution in [2.45, 2.75) is 18.4 Å². The first-order chi connectivity index (χ1) is 8.91. The molecule has 6 heteroatoms. The summed E-state index contributed by atoms with van der Waals surface area (Å²) in [4.78, 5) is 0.145. The molecule has 1 aromatic carbocycles. The van der Waals surface area contributed by atoms with Crippen molar-refractivity contribution in [3.8, 4) is 0 Å². The second-order valence-electron chi connectivity index (χ2n) is 4.30. The van der Waals surface area contributed by atoms with Crippen LogP contribution in [-0.2, 0) is 16.6 Å². The average molecular weight is 299 g/mol. The molecule has 1 aromatic heterocycles. The fourth-order valence-electron chi connectivity index (χ4n) is 1.79. The molecule has 0 aliphatic heterocycles. The highest BCUT2D eigenvalue weighted by atomic mass is 32.2. The second kappa shape index (κ2) is 5.40. The molecule has 0 N–H and O–H groups in total. The van der Waals surface area contributed by atoms with E-state index in [2.05, 4.69) is 0 Å². The smallest absolute Gasteiger partial charge is 0.207 e. The largest absolute Gasteiger partial charge is 0.243 e. The molecule has 3 nitrogen and oxygen atoms in total. The number of hydrogen-bond acceptors (Lipinski definition) is 3. The number of rotatable bonds is 4. The standard InChI is InChI=1S/C13H14FNO2S2/c1-10-7-12(14)3-4-13(10)19(16,17)15(2)8-11-5-6-18-9-11/h3-7,9H,8H2,1-2H3. The molecule has 19 heavy (non-hydrogen) atoms. The number of thiophene rings is 1. The Labute approximate surface area is 116 Å². The summed E-state index contributed by atoms with van der Waals surface area (Å²) in [6.45, 7) is 1.90. The van der Waals surface area contributed by atoms with Crippen molar-refractivity contribution in [1.82, 2.24) is 4.31 Å². The molecule has 2 rings (SSSR count). The average Bonchev–Trinajstić information content (AvgIpc) is 2.81. The van der Waals surface area contributed by atoms with E-state index in [0.717, 1.165) is 11.6 Å². The molecule has 0 radical (unpaired) electrons. The Bertz CT molecular complexity index is 666. The van der Waals surface area contributed by atoms with Gasteiger partial charge in [0.15, 0.2) is 0 Å². The first-order valence-corrected chi connectivity index (χ1v) is 8.03. The summed E-state index contributed by atoms with van der Waals surface area (Å²) in [6, 6.07) is 5.59. The van der Waals surface area contributed by atoms with Crippen LogP contribution in [0.1, 0.15) is 11.1 Å². The van der Waals surface area contributed by atoms with E-state index in [9.17, 15) is 12.8 Å². The molecule has 0 aliphatic rings. The number of hydrogen-bond donors (Lipinski definition) is 0. The monoisotopic (exact) mass is 299 g/mol. The topological polar surface area (TPSA) is 37.4 Å². The van der Waals surface area contributed by atoms with Crippen molar-refractivity contribution >= 4 is 21.4 Å². The molecule has 0 saturated carbocycles. The van der Waals surface area contributed by atoms with Crippen molar-refractivity contribution in [3.63, 3.8) is 0 Å². The van der Waals surface area contributed by atoms with E-state index < -0.39 is 15.8 Å². The number of sulfonamides is 1. The number of benzene rings is 1. The van der Waals surface area contributed by atoms with Gasteiger partial charge in [-0.15, -0.1) is 0 Å². The molecule has 1 heterocycles. The van der Waals surface area contributed by atoms with Gasteiger partial charge >= 0.3 is 0 Å². The van der Waals surface area contributed by atoms with E-state index in [1.54, 1.807) is 6.92 Å². The lowest BCUT2D eigenvalue weighted by molar-refractivity contribution is 0.466. The maximum absolute atomic E-state index is 13.0. The lowest BCUT2D eigenvalue weighted by Crippen LogP contribution is -2.27. The van der Waals surface area contributed by atoms with Crippen LogP contribution in [0, 0.1) is 12.7 Å². The lowest BCUT2D eigenvalue weighted by atomic mass is 10.2. The van der Waals surface area contributed by atoms with Gasteiger partial charge in [-0.25, -0.2) is 12.8 Å². The third-order valence-electron chi connectivity index (χ3n) is 2.81. The van der Waals surface area contributed by atoms with Gasteiger partial charge in [-0.3, -0.25) is 0 Å². The van der Waals surface area contributed by atoms with Crippen molar-refractivity contribution < 1.29 is 12.8 Å². The molecule has 0 unspecified atom stereocenters. The van der Waals surface area contributed by atoms with E-state index in [1.807, 2.05) is 16.8 Å². The number of aryl methyl sites for hydroxylation is 1. The van der Waals surface area contributed by atoms with Gasteiger partial charge in [0.2, 0.25) is 10.0 Å². The van der Waals surface area contributed by atoms with Gasteiger partial charge in [0, 0.05) is 13.6 Å². The number of halogens is 1. The van der Waals surface area contributed by atoms with Crippen LogP contribution < -0.4 is 0 Å². The van der Waals surface area contributed by atoms with Crippen LogP contribution >= 0.6 is 11.3 Å². The SMILES string of the molecule is Cc1cc(F)ccc1S(=O)(=O)N(C)Cc1ccsc1. The Morgan fingerprint density at radius 3 is 2.63 bits per heavy atom. The van der Waals surface area contributed by atoms with Gasteiger partial charge in [-0.2, -0.15) is 15.6 Å². The summed E-state index contributed by atoms with van der Waals surface area (Å²) < 4.78 is 39.1. The molecule has 0 aliphatic carbocycles. The maximum Gasteiger partial charge on any atom is 0.243 e. The van der Waals surface area contributed by atoms with Crippen molar-refractivity contribution in [1.29, 1.82) is 0 Å². The normalized spacial score (nSPS) is 12.0. The Balaban J connectivity index is 2.31. The Kier molecular flexibility index (Phi) is 4.03.